The van der Waals surface area contributed by atoms with E-state index < -0.39 is 211 Å². The number of para-hydroxylation sites is 1. The van der Waals surface area contributed by atoms with Gasteiger partial charge < -0.3 is 128 Å². The molecule has 5 aromatic rings. The van der Waals surface area contributed by atoms with Crippen molar-refractivity contribution >= 4 is 131 Å². The Morgan fingerprint density at radius 2 is 0.820 bits per heavy atom. The quantitative estimate of drug-likeness (QED) is 0.0127. The average molecular weight is 1740 g/mol. The van der Waals surface area contributed by atoms with Crippen molar-refractivity contribution in [1.82, 2.24) is 79.0 Å². The van der Waals surface area contributed by atoms with Gasteiger partial charge in [-0.3, -0.25) is 71.9 Å². The van der Waals surface area contributed by atoms with E-state index in [0.717, 1.165) is 18.7 Å². The molecule has 42 heteroatoms. The lowest BCUT2D eigenvalue weighted by atomic mass is 10.00. The number of carboxylic acids is 1. The predicted octanol–water partition coefficient (Wildman–Crippen LogP) is -6.66. The fraction of sp³-hybridized carbons (Fsp3) is 0.475. The molecule has 0 radical (unpaired) electrons. The van der Waals surface area contributed by atoms with E-state index in [1.165, 1.54) is 6.92 Å². The zero-order valence-electron chi connectivity index (χ0n) is 67.9. The van der Waals surface area contributed by atoms with Crippen LogP contribution < -0.4 is 97.8 Å². The van der Waals surface area contributed by atoms with Gasteiger partial charge in [-0.2, -0.15) is 25.3 Å². The molecule has 0 unspecified atom stereocenters. The summed E-state index contributed by atoms with van der Waals surface area (Å²) in [5, 5.41) is 75.4. The van der Waals surface area contributed by atoms with Crippen molar-refractivity contribution in [3.63, 3.8) is 0 Å². The molecular formula is C80H114N20O20S2. The first kappa shape index (κ1) is 101. The minimum absolute atomic E-state index is 0.109. The summed E-state index contributed by atoms with van der Waals surface area (Å²) in [5.74, 6) is -17.3. The molecule has 122 heavy (non-hydrogen) atoms. The lowest BCUT2D eigenvalue weighted by molar-refractivity contribution is -0.151. The number of aromatic amines is 1. The van der Waals surface area contributed by atoms with E-state index in [9.17, 15) is 82.8 Å². The molecule has 0 spiro atoms. The molecule has 0 fully saturated rings. The van der Waals surface area contributed by atoms with Crippen molar-refractivity contribution in [3.8, 4) is 0 Å². The number of hydrogen-bond donors (Lipinski definition) is 25. The normalized spacial score (nSPS) is 14.8. The highest BCUT2D eigenvalue weighted by Gasteiger charge is 2.41. The second-order valence-electron chi connectivity index (χ2n) is 28.9. The molecule has 4 aromatic carbocycles. The second kappa shape index (κ2) is 52.5. The Bertz CT molecular complexity index is 4330. The van der Waals surface area contributed by atoms with Gasteiger partial charge in [-0.25, -0.2) is 4.79 Å². The Hall–Kier alpha value is -11.6. The highest BCUT2D eigenvalue weighted by Crippen LogP contribution is 2.21. The summed E-state index contributed by atoms with van der Waals surface area (Å²) >= 11 is 8.23. The number of amides is 15. The summed E-state index contributed by atoms with van der Waals surface area (Å²) in [6, 6.07) is 10.3. The first-order valence-electron chi connectivity index (χ1n) is 39.6. The number of aliphatic carboxylic acids is 1. The number of carbonyl (C=O) groups is 16. The molecule has 28 N–H and O–H groups in total. The third-order valence-electron chi connectivity index (χ3n) is 19.3. The smallest absolute Gasteiger partial charge is 0.327 e. The van der Waals surface area contributed by atoms with Gasteiger partial charge in [0.2, 0.25) is 88.6 Å². The minimum atomic E-state index is -1.93. The molecule has 0 bridgehead atoms. The lowest BCUT2D eigenvalue weighted by Gasteiger charge is -2.32. The first-order valence-corrected chi connectivity index (χ1v) is 40.9. The number of unbranched alkanes of at least 4 members (excludes halogenated alkanes) is 2. The number of H-pyrrole nitrogens is 1. The zero-order chi connectivity index (χ0) is 90.1. The highest BCUT2D eigenvalue weighted by molar-refractivity contribution is 7.80. The van der Waals surface area contributed by atoms with Crippen molar-refractivity contribution in [1.29, 1.82) is 0 Å². The van der Waals surface area contributed by atoms with Crippen LogP contribution >= 0.6 is 25.3 Å². The number of nitrogens with one attached hydrogen (secondary N) is 14. The van der Waals surface area contributed by atoms with Crippen molar-refractivity contribution in [3.05, 3.63) is 144 Å². The SMILES string of the molecule is C[C@H](NC(=O)CN)C(=O)NCC(=O)N[C@@H](CS)C(=O)N[C@@H](CCCCN)C(=O)N[C@@H](CC(N)=O)C(=O)N[C@@H](Cc1ccccc1)C(=O)N[C@@H](Cc1ccccc1)C(=O)N[C@@H](Cc1c[nH]c2ccccc12)C(=O)N[C@@H](CCCCN)C(=O)N[C@H](C(=O)N[C@@H](Cc1ccccc1)C(=O)N[C@H](C(=O)N[C@@H](CO)C(=O)N(CCN)[C@@H](CS)C(=O)O)[C@@H](C)O)[C@@H](C)O. The summed E-state index contributed by atoms with van der Waals surface area (Å²) in [7, 11) is 0. The molecule has 0 aliphatic rings. The summed E-state index contributed by atoms with van der Waals surface area (Å²) < 4.78 is 0. The highest BCUT2D eigenvalue weighted by atomic mass is 32.1. The van der Waals surface area contributed by atoms with E-state index in [0.29, 0.717) is 46.0 Å². The predicted molar refractivity (Wildman–Crippen MR) is 453 cm³/mol. The van der Waals surface area contributed by atoms with Gasteiger partial charge in [0.1, 0.15) is 78.5 Å². The number of fused-ring (bicyclic) bond motifs is 1. The van der Waals surface area contributed by atoms with E-state index in [2.05, 4.69) is 99.4 Å². The second-order valence-corrected chi connectivity index (χ2v) is 29.6. The monoisotopic (exact) mass is 1740 g/mol. The fourth-order valence-corrected chi connectivity index (χ4v) is 13.3. The standard InChI is InChI=1S/C80H114N20O20S2/c1-44(88-64(105)38-84)68(107)87-40-65(106)89-61(42-121)76(115)91-53(27-15-17-29-81)69(108)95-59(37-63(85)104)74(113)93-55(33-47-19-7-4-8-20-47)71(110)92-56(34-48-21-9-5-10-22-48)72(111)94-58(36-50-39-86-52-26-14-13-25-51(50)52)73(112)90-54(28-16-18-30-82)70(109)98-66(45(2)102)77(116)96-57(35-49-23-11-6-12-24-49)75(114)99-67(46(3)103)78(117)97-60(41-101)79(118)100(32-31-83)62(43-122)80(119)120/h4-14,19-26,39,44-46,53-62,66-67,86,101-103,121-122H,15-18,27-38,40-43,81-84H2,1-3H3,(H2,85,104)(H,87,107)(H,88,105)(H,89,106)(H,90,112)(H,91,115)(H,92,110)(H,93,113)(H,94,111)(H,95,108)(H,96,116)(H,97,117)(H,98,109)(H,99,114)(H,119,120)/t44-,45+,46+,53-,54-,55-,56-,57-,58-,59-,60-,61-,62-,66-,67-/m0/s1. The number of aliphatic hydroxyl groups is 3. The summed E-state index contributed by atoms with van der Waals surface area (Å²) in [6.45, 7) is 1.16. The van der Waals surface area contributed by atoms with Crippen LogP contribution in [0.1, 0.15) is 88.0 Å². The number of carboxylic acid groups (broad SMARTS) is 1. The van der Waals surface area contributed by atoms with E-state index >= 15 is 14.4 Å². The van der Waals surface area contributed by atoms with Gasteiger partial charge in [0.05, 0.1) is 38.3 Å². The molecule has 15 amide bonds. The molecular weight excluding hydrogens is 1630 g/mol. The number of nitrogens with two attached hydrogens (primary N) is 5. The van der Waals surface area contributed by atoms with Gasteiger partial charge in [0.15, 0.2) is 0 Å². The minimum Gasteiger partial charge on any atom is -0.480 e. The van der Waals surface area contributed by atoms with Crippen molar-refractivity contribution in [2.24, 2.45) is 28.7 Å². The van der Waals surface area contributed by atoms with Crippen LogP contribution in [0.5, 0.6) is 0 Å². The van der Waals surface area contributed by atoms with Crippen molar-refractivity contribution < 1.29 is 97.1 Å². The Morgan fingerprint density at radius 3 is 1.24 bits per heavy atom. The Morgan fingerprint density at radius 1 is 0.426 bits per heavy atom. The number of rotatable bonds is 54. The van der Waals surface area contributed by atoms with Crippen LogP contribution in [0.4, 0.5) is 0 Å². The molecule has 40 nitrogen and oxygen atoms in total. The third kappa shape index (κ3) is 33.1. The van der Waals surface area contributed by atoms with Crippen LogP contribution in [0, 0.1) is 0 Å². The van der Waals surface area contributed by atoms with E-state index in [-0.39, 0.29) is 89.1 Å². The molecule has 666 valence electrons. The number of nitrogens with zero attached hydrogens (tertiary/aromatic N) is 1. The lowest BCUT2D eigenvalue weighted by Crippen LogP contribution is -2.63. The van der Waals surface area contributed by atoms with Gasteiger partial charge in [-0.15, -0.1) is 0 Å². The number of carbonyl (C=O) groups excluding carboxylic acids is 15. The summed E-state index contributed by atoms with van der Waals surface area (Å²) in [5.41, 5.74) is 30.8. The molecule has 0 saturated carbocycles. The number of primary amides is 1. The maximum Gasteiger partial charge on any atom is 0.327 e. The van der Waals surface area contributed by atoms with E-state index in [4.69, 9.17) is 28.7 Å². The Labute approximate surface area is 715 Å². The van der Waals surface area contributed by atoms with Gasteiger partial charge in [0.25, 0.3) is 0 Å². The van der Waals surface area contributed by atoms with Crippen LogP contribution in [-0.2, 0) is 102 Å². The fourth-order valence-electron chi connectivity index (χ4n) is 12.7. The molecule has 0 saturated heterocycles. The molecule has 1 aromatic heterocycles. The third-order valence-corrected chi connectivity index (χ3v) is 20.0. The Kier molecular flexibility index (Phi) is 43.4. The summed E-state index contributed by atoms with van der Waals surface area (Å²) in [4.78, 5) is 227. The average Bonchev–Trinajstić information content (AvgIpc) is 1.72. The number of aliphatic hydroxyl groups excluding tert-OH is 3. The van der Waals surface area contributed by atoms with E-state index in [1.807, 2.05) is 0 Å². The molecule has 1 heterocycles. The van der Waals surface area contributed by atoms with E-state index in [1.54, 1.807) is 121 Å². The van der Waals surface area contributed by atoms with Crippen LogP contribution in [0.15, 0.2) is 121 Å². The molecule has 5 rings (SSSR count). The zero-order valence-corrected chi connectivity index (χ0v) is 69.7. The van der Waals surface area contributed by atoms with Crippen molar-refractivity contribution in [2.45, 2.75) is 182 Å². The number of benzene rings is 4. The maximum absolute atomic E-state index is 15.4. The first-order chi connectivity index (χ1) is 58.2. The number of hydrogen-bond acceptors (Lipinski definition) is 25. The maximum atomic E-state index is 15.4. The number of aromatic nitrogens is 1. The van der Waals surface area contributed by atoms with Gasteiger partial charge >= 0.3 is 5.97 Å². The summed E-state index contributed by atoms with van der Waals surface area (Å²) in [6.07, 6.45) is -3.24. The van der Waals surface area contributed by atoms with Crippen molar-refractivity contribution in [2.75, 3.05) is 57.4 Å². The van der Waals surface area contributed by atoms with Crippen LogP contribution in [-0.4, -0.2) is 273 Å². The topological polar surface area (TPSA) is 660 Å². The molecule has 15 atom stereocenters. The molecule has 0 aliphatic carbocycles. The Balaban J connectivity index is 1.47. The van der Waals surface area contributed by atoms with Gasteiger partial charge in [0, 0.05) is 67.4 Å². The van der Waals surface area contributed by atoms with Gasteiger partial charge in [-0.05, 0) is 101 Å². The largest absolute Gasteiger partial charge is 0.480 e. The van der Waals surface area contributed by atoms with Gasteiger partial charge in [-0.1, -0.05) is 109 Å². The number of thiol groups is 2. The van der Waals surface area contributed by atoms with Crippen LogP contribution in [0.3, 0.4) is 0 Å². The van der Waals surface area contributed by atoms with Crippen LogP contribution in [0.2, 0.25) is 0 Å². The van der Waals surface area contributed by atoms with Crippen LogP contribution in [0.25, 0.3) is 10.9 Å². The molecule has 0 aliphatic heterocycles.